The zero-order chi connectivity index (χ0) is 17.6. The quantitative estimate of drug-likeness (QED) is 0.675. The highest BCUT2D eigenvalue weighted by molar-refractivity contribution is 6.34. The average Bonchev–Trinajstić information content (AvgIpc) is 3.10. The van der Waals surface area contributed by atoms with Crippen LogP contribution in [0.1, 0.15) is 16.8 Å². The number of aryl methyl sites for hydroxylation is 1. The number of hydrogen-bond acceptors (Lipinski definition) is 2. The predicted octanol–water partition coefficient (Wildman–Crippen LogP) is 5.04. The first kappa shape index (κ1) is 15.9. The molecule has 1 aromatic heterocycles. The van der Waals surface area contributed by atoms with E-state index in [-0.39, 0.29) is 5.56 Å². The molecule has 25 heavy (non-hydrogen) atoms. The summed E-state index contributed by atoms with van der Waals surface area (Å²) in [5.74, 6) is 0. The van der Waals surface area contributed by atoms with Crippen molar-refractivity contribution in [3.63, 3.8) is 0 Å². The van der Waals surface area contributed by atoms with Gasteiger partial charge in [-0.3, -0.25) is 14.9 Å². The van der Waals surface area contributed by atoms with E-state index in [1.165, 1.54) is 4.68 Å². The molecular formula is C19H13Cl2N3O. The second-order valence-corrected chi connectivity index (χ2v) is 6.67. The fraction of sp³-hybridized carbons (Fsp3) is 0.0526. The van der Waals surface area contributed by atoms with Gasteiger partial charge in [-0.2, -0.15) is 0 Å². The first-order chi connectivity index (χ1) is 12.0. The highest BCUT2D eigenvalue weighted by Crippen LogP contribution is 2.32. The SMILES string of the molecule is Cc1[nH]n(-c2cc(Cl)cc(Cl)c2)c(=O)c1/C=C1/C=Nc2ccccc21. The topological polar surface area (TPSA) is 50.1 Å². The second-order valence-electron chi connectivity index (χ2n) is 5.79. The number of fused-ring (bicyclic) bond motifs is 1. The van der Waals surface area contributed by atoms with E-state index < -0.39 is 0 Å². The average molecular weight is 370 g/mol. The Bertz CT molecular complexity index is 1090. The van der Waals surface area contributed by atoms with Crippen LogP contribution < -0.4 is 5.56 Å². The fourth-order valence-electron chi connectivity index (χ4n) is 2.89. The third-order valence-corrected chi connectivity index (χ3v) is 4.52. The van der Waals surface area contributed by atoms with Crippen molar-refractivity contribution in [1.29, 1.82) is 0 Å². The summed E-state index contributed by atoms with van der Waals surface area (Å²) in [6, 6.07) is 12.8. The molecule has 4 nitrogen and oxygen atoms in total. The monoisotopic (exact) mass is 369 g/mol. The third-order valence-electron chi connectivity index (χ3n) is 4.08. The van der Waals surface area contributed by atoms with Gasteiger partial charge in [0, 0.05) is 33.1 Å². The molecule has 1 aliphatic heterocycles. The van der Waals surface area contributed by atoms with Crippen molar-refractivity contribution < 1.29 is 0 Å². The Balaban J connectivity index is 1.84. The maximum Gasteiger partial charge on any atom is 0.278 e. The summed E-state index contributed by atoms with van der Waals surface area (Å²) in [5, 5.41) is 4.02. The second kappa shape index (κ2) is 6.06. The predicted molar refractivity (Wildman–Crippen MR) is 104 cm³/mol. The zero-order valence-electron chi connectivity index (χ0n) is 13.3. The molecule has 4 rings (SSSR count). The van der Waals surface area contributed by atoms with E-state index >= 15 is 0 Å². The number of para-hydroxylation sites is 1. The Kier molecular flexibility index (Phi) is 3.86. The largest absolute Gasteiger partial charge is 0.295 e. The molecule has 0 radical (unpaired) electrons. The van der Waals surface area contributed by atoms with E-state index in [1.807, 2.05) is 37.3 Å². The smallest absolute Gasteiger partial charge is 0.278 e. The van der Waals surface area contributed by atoms with E-state index in [0.717, 1.165) is 22.5 Å². The minimum Gasteiger partial charge on any atom is -0.295 e. The molecular weight excluding hydrogens is 357 g/mol. The van der Waals surface area contributed by atoms with Crippen LogP contribution in [0.2, 0.25) is 10.0 Å². The Morgan fingerprint density at radius 1 is 1.12 bits per heavy atom. The Hall–Kier alpha value is -2.56. The molecule has 0 amide bonds. The standard InChI is InChI=1S/C19H13Cl2N3O/c1-11-17(6-12-10-22-18-5-3-2-4-16(12)18)19(25)24(23-11)15-8-13(20)7-14(21)9-15/h2-10,23H,1H3/b12-6-. The normalized spacial score (nSPS) is 14.3. The lowest BCUT2D eigenvalue weighted by molar-refractivity contribution is 0.835. The van der Waals surface area contributed by atoms with E-state index in [1.54, 1.807) is 24.4 Å². The van der Waals surface area contributed by atoms with Gasteiger partial charge in [0.15, 0.2) is 0 Å². The van der Waals surface area contributed by atoms with Gasteiger partial charge in [-0.15, -0.1) is 0 Å². The van der Waals surface area contributed by atoms with Gasteiger partial charge in [0.1, 0.15) is 0 Å². The van der Waals surface area contributed by atoms with E-state index in [4.69, 9.17) is 23.2 Å². The maximum atomic E-state index is 12.9. The fourth-order valence-corrected chi connectivity index (χ4v) is 3.40. The molecule has 0 saturated heterocycles. The van der Waals surface area contributed by atoms with Crippen LogP contribution in [0.3, 0.4) is 0 Å². The van der Waals surface area contributed by atoms with Crippen LogP contribution in [0.4, 0.5) is 5.69 Å². The lowest BCUT2D eigenvalue weighted by Crippen LogP contribution is -2.16. The number of nitrogens with zero attached hydrogens (tertiary/aromatic N) is 2. The summed E-state index contributed by atoms with van der Waals surface area (Å²) >= 11 is 12.1. The van der Waals surface area contributed by atoms with Gasteiger partial charge in [-0.1, -0.05) is 41.4 Å². The van der Waals surface area contributed by atoms with Crippen molar-refractivity contribution in [2.24, 2.45) is 4.99 Å². The molecule has 0 fully saturated rings. The highest BCUT2D eigenvalue weighted by atomic mass is 35.5. The van der Waals surface area contributed by atoms with E-state index in [9.17, 15) is 4.79 Å². The summed E-state index contributed by atoms with van der Waals surface area (Å²) in [6.07, 6.45) is 3.63. The first-order valence-corrected chi connectivity index (χ1v) is 8.42. The maximum absolute atomic E-state index is 12.9. The molecule has 0 bridgehead atoms. The van der Waals surface area contributed by atoms with Crippen LogP contribution in [0, 0.1) is 6.92 Å². The number of hydrogen-bond donors (Lipinski definition) is 1. The molecule has 6 heteroatoms. The lowest BCUT2D eigenvalue weighted by Gasteiger charge is -2.03. The van der Waals surface area contributed by atoms with Crippen LogP contribution in [-0.4, -0.2) is 16.0 Å². The number of rotatable bonds is 2. The number of benzene rings is 2. The van der Waals surface area contributed by atoms with Crippen LogP contribution in [0.25, 0.3) is 17.3 Å². The van der Waals surface area contributed by atoms with Crippen molar-refractivity contribution in [3.05, 3.63) is 79.7 Å². The Morgan fingerprint density at radius 3 is 2.60 bits per heavy atom. The van der Waals surface area contributed by atoms with Crippen molar-refractivity contribution in [3.8, 4) is 5.69 Å². The molecule has 0 atom stereocenters. The molecule has 1 N–H and O–H groups in total. The van der Waals surface area contributed by atoms with Gasteiger partial charge in [0.05, 0.1) is 16.9 Å². The molecule has 0 spiro atoms. The number of halogens is 2. The zero-order valence-corrected chi connectivity index (χ0v) is 14.8. The van der Waals surface area contributed by atoms with Crippen molar-refractivity contribution in [2.75, 3.05) is 0 Å². The highest BCUT2D eigenvalue weighted by Gasteiger charge is 2.16. The molecule has 3 aromatic rings. The minimum absolute atomic E-state index is 0.166. The van der Waals surface area contributed by atoms with Gasteiger partial charge < -0.3 is 0 Å². The third kappa shape index (κ3) is 2.84. The molecule has 0 unspecified atom stereocenters. The lowest BCUT2D eigenvalue weighted by atomic mass is 10.0. The van der Waals surface area contributed by atoms with Crippen LogP contribution in [-0.2, 0) is 0 Å². The van der Waals surface area contributed by atoms with Gasteiger partial charge in [-0.25, -0.2) is 4.68 Å². The summed E-state index contributed by atoms with van der Waals surface area (Å²) in [7, 11) is 0. The molecule has 0 aliphatic carbocycles. The summed E-state index contributed by atoms with van der Waals surface area (Å²) in [6.45, 7) is 1.86. The number of aromatic nitrogens is 2. The number of aromatic amines is 1. The number of H-pyrrole nitrogens is 1. The van der Waals surface area contributed by atoms with Crippen molar-refractivity contribution in [2.45, 2.75) is 6.92 Å². The molecule has 2 heterocycles. The summed E-state index contributed by atoms with van der Waals surface area (Å²) < 4.78 is 1.44. The molecule has 0 saturated carbocycles. The Labute approximate surface area is 154 Å². The van der Waals surface area contributed by atoms with Crippen molar-refractivity contribution >= 4 is 46.8 Å². The van der Waals surface area contributed by atoms with Crippen LogP contribution in [0.15, 0.2) is 52.3 Å². The van der Waals surface area contributed by atoms with Gasteiger partial charge >= 0.3 is 0 Å². The minimum atomic E-state index is -0.166. The van der Waals surface area contributed by atoms with Crippen LogP contribution in [0.5, 0.6) is 0 Å². The number of nitrogens with one attached hydrogen (secondary N) is 1. The number of allylic oxidation sites excluding steroid dienone is 1. The van der Waals surface area contributed by atoms with Crippen molar-refractivity contribution in [1.82, 2.24) is 9.78 Å². The summed E-state index contributed by atoms with van der Waals surface area (Å²) in [5.41, 5.74) is 4.59. The molecule has 1 aliphatic rings. The molecule has 124 valence electrons. The van der Waals surface area contributed by atoms with Gasteiger partial charge in [0.2, 0.25) is 0 Å². The number of aliphatic imine (C=N–C) groups is 1. The Morgan fingerprint density at radius 2 is 1.84 bits per heavy atom. The molecule has 2 aromatic carbocycles. The van der Waals surface area contributed by atoms with Crippen LogP contribution >= 0.6 is 23.2 Å². The van der Waals surface area contributed by atoms with Gasteiger partial charge in [-0.05, 0) is 37.3 Å². The van der Waals surface area contributed by atoms with Gasteiger partial charge in [0.25, 0.3) is 5.56 Å². The first-order valence-electron chi connectivity index (χ1n) is 7.66. The van der Waals surface area contributed by atoms with E-state index in [2.05, 4.69) is 10.1 Å². The van der Waals surface area contributed by atoms with E-state index in [0.29, 0.717) is 21.3 Å². The summed E-state index contributed by atoms with van der Waals surface area (Å²) in [4.78, 5) is 17.2.